The zero-order valence-electron chi connectivity index (χ0n) is 6.35. The maximum absolute atomic E-state index is 10.6. The molecular formula is C6H13N3O. The summed E-state index contributed by atoms with van der Waals surface area (Å²) in [5.74, 6) is 0.101. The van der Waals surface area contributed by atoms with Crippen molar-refractivity contribution in [1.82, 2.24) is 5.32 Å². The number of carbonyl (C=O) groups excluding carboxylic acids is 1. The second kappa shape index (κ2) is 4.78. The van der Waals surface area contributed by atoms with E-state index in [0.29, 0.717) is 13.0 Å². The number of nitrogens with zero attached hydrogens (tertiary/aromatic N) is 1. The van der Waals surface area contributed by atoms with Crippen LogP contribution >= 0.6 is 0 Å². The second-order valence-electron chi connectivity index (χ2n) is 1.76. The Bertz CT molecular complexity index is 142. The molecule has 0 rings (SSSR count). The van der Waals surface area contributed by atoms with Gasteiger partial charge in [0, 0.05) is 13.0 Å². The van der Waals surface area contributed by atoms with Gasteiger partial charge >= 0.3 is 0 Å². The molecule has 1 amide bonds. The summed E-state index contributed by atoms with van der Waals surface area (Å²) >= 11 is 0. The molecule has 0 aromatic carbocycles. The van der Waals surface area contributed by atoms with Gasteiger partial charge in [-0.3, -0.25) is 15.1 Å². The molecule has 0 aliphatic rings. The van der Waals surface area contributed by atoms with E-state index in [-0.39, 0.29) is 11.9 Å². The van der Waals surface area contributed by atoms with E-state index in [2.05, 4.69) is 10.3 Å². The zero-order chi connectivity index (χ0) is 7.98. The Balaban J connectivity index is 3.67. The first-order chi connectivity index (χ1) is 4.70. The number of rotatable bonds is 2. The fourth-order valence-corrected chi connectivity index (χ4v) is 0.441. The first-order valence-corrected chi connectivity index (χ1v) is 3.30. The molecule has 0 heterocycles. The van der Waals surface area contributed by atoms with Gasteiger partial charge in [-0.25, -0.2) is 0 Å². The van der Waals surface area contributed by atoms with Gasteiger partial charge in [0.05, 0.1) is 0 Å². The van der Waals surface area contributed by atoms with E-state index in [0.717, 1.165) is 0 Å². The van der Waals surface area contributed by atoms with Crippen molar-refractivity contribution in [2.45, 2.75) is 20.3 Å². The zero-order valence-corrected chi connectivity index (χ0v) is 6.35. The summed E-state index contributed by atoms with van der Waals surface area (Å²) < 4.78 is 0. The van der Waals surface area contributed by atoms with Gasteiger partial charge in [-0.05, 0) is 6.92 Å². The van der Waals surface area contributed by atoms with Crippen molar-refractivity contribution in [3.05, 3.63) is 0 Å². The normalized spacial score (nSPS) is 11.2. The van der Waals surface area contributed by atoms with Crippen LogP contribution in [0, 0.1) is 0 Å². The quantitative estimate of drug-likeness (QED) is 0.417. The molecule has 0 unspecified atom stereocenters. The molecule has 0 aliphatic heterocycles. The lowest BCUT2D eigenvalue weighted by atomic mass is 10.5. The Kier molecular flexibility index (Phi) is 4.28. The molecular weight excluding hydrogens is 130 g/mol. The van der Waals surface area contributed by atoms with Crippen LogP contribution in [0.4, 0.5) is 0 Å². The predicted octanol–water partition coefficient (Wildman–Crippen LogP) is -0.153. The minimum atomic E-state index is -0.102. The highest BCUT2D eigenvalue weighted by Gasteiger charge is 1.96. The molecule has 0 bridgehead atoms. The molecule has 0 fully saturated rings. The summed E-state index contributed by atoms with van der Waals surface area (Å²) in [4.78, 5) is 14.4. The second-order valence-corrected chi connectivity index (χ2v) is 1.76. The predicted molar refractivity (Wildman–Crippen MR) is 40.6 cm³/mol. The molecule has 0 saturated heterocycles. The third-order valence-electron chi connectivity index (χ3n) is 0.917. The highest BCUT2D eigenvalue weighted by Crippen LogP contribution is 1.73. The standard InChI is InChI=1S/C6H13N3O/c1-3-5(10)9-6(7)8-4-2/h3-4H2,1-2H3,(H3,7,8,9,10). The Morgan fingerprint density at radius 3 is 2.60 bits per heavy atom. The number of nitrogens with one attached hydrogen (secondary N) is 1. The molecule has 10 heavy (non-hydrogen) atoms. The summed E-state index contributed by atoms with van der Waals surface area (Å²) in [5, 5.41) is 2.42. The summed E-state index contributed by atoms with van der Waals surface area (Å²) in [6.07, 6.45) is 0.430. The molecule has 58 valence electrons. The average Bonchev–Trinajstić information content (AvgIpc) is 1.88. The fraction of sp³-hybridized carbons (Fsp3) is 0.667. The van der Waals surface area contributed by atoms with Crippen LogP contribution in [0.25, 0.3) is 0 Å². The van der Waals surface area contributed by atoms with Crippen molar-refractivity contribution in [2.24, 2.45) is 10.7 Å². The van der Waals surface area contributed by atoms with Crippen LogP contribution in [0.2, 0.25) is 0 Å². The Hall–Kier alpha value is -1.06. The molecule has 0 aromatic heterocycles. The van der Waals surface area contributed by atoms with Crippen LogP contribution in [-0.2, 0) is 4.79 Å². The number of nitrogens with two attached hydrogens (primary N) is 1. The van der Waals surface area contributed by atoms with E-state index in [1.54, 1.807) is 6.92 Å². The molecule has 0 saturated carbocycles. The van der Waals surface area contributed by atoms with E-state index in [4.69, 9.17) is 5.73 Å². The maximum Gasteiger partial charge on any atom is 0.226 e. The van der Waals surface area contributed by atoms with Crippen molar-refractivity contribution < 1.29 is 4.79 Å². The van der Waals surface area contributed by atoms with Crippen LogP contribution < -0.4 is 11.1 Å². The van der Waals surface area contributed by atoms with Crippen molar-refractivity contribution in [3.8, 4) is 0 Å². The lowest BCUT2D eigenvalue weighted by Crippen LogP contribution is -2.36. The molecule has 0 radical (unpaired) electrons. The smallest absolute Gasteiger partial charge is 0.226 e. The van der Waals surface area contributed by atoms with Gasteiger partial charge in [-0.15, -0.1) is 0 Å². The lowest BCUT2D eigenvalue weighted by molar-refractivity contribution is -0.119. The van der Waals surface area contributed by atoms with Gasteiger partial charge in [0.2, 0.25) is 5.91 Å². The van der Waals surface area contributed by atoms with Crippen LogP contribution in [0.1, 0.15) is 20.3 Å². The van der Waals surface area contributed by atoms with Crippen LogP contribution in [0.15, 0.2) is 4.99 Å². The van der Waals surface area contributed by atoms with Gasteiger partial charge in [0.15, 0.2) is 5.96 Å². The summed E-state index contributed by atoms with van der Waals surface area (Å²) in [6, 6.07) is 0. The summed E-state index contributed by atoms with van der Waals surface area (Å²) in [6.45, 7) is 4.20. The average molecular weight is 143 g/mol. The highest BCUT2D eigenvalue weighted by atomic mass is 16.1. The lowest BCUT2D eigenvalue weighted by Gasteiger charge is -1.99. The number of hydrogen-bond acceptors (Lipinski definition) is 2. The van der Waals surface area contributed by atoms with Crippen molar-refractivity contribution >= 4 is 11.9 Å². The monoisotopic (exact) mass is 143 g/mol. The van der Waals surface area contributed by atoms with Gasteiger partial charge in [-0.2, -0.15) is 0 Å². The molecule has 4 heteroatoms. The van der Waals surface area contributed by atoms with Crippen molar-refractivity contribution in [1.29, 1.82) is 0 Å². The van der Waals surface area contributed by atoms with Gasteiger partial charge in [-0.1, -0.05) is 6.92 Å². The highest BCUT2D eigenvalue weighted by molar-refractivity contribution is 5.95. The van der Waals surface area contributed by atoms with E-state index < -0.39 is 0 Å². The van der Waals surface area contributed by atoms with E-state index in [1.165, 1.54) is 0 Å². The minimum absolute atomic E-state index is 0.102. The number of guanidine groups is 1. The largest absolute Gasteiger partial charge is 0.370 e. The number of amides is 1. The van der Waals surface area contributed by atoms with Gasteiger partial charge < -0.3 is 5.73 Å². The topological polar surface area (TPSA) is 67.5 Å². The number of carbonyl (C=O) groups is 1. The minimum Gasteiger partial charge on any atom is -0.370 e. The van der Waals surface area contributed by atoms with Crippen LogP contribution in [-0.4, -0.2) is 18.4 Å². The molecule has 4 nitrogen and oxygen atoms in total. The first-order valence-electron chi connectivity index (χ1n) is 3.30. The Morgan fingerprint density at radius 2 is 2.20 bits per heavy atom. The Labute approximate surface area is 60.5 Å². The van der Waals surface area contributed by atoms with E-state index >= 15 is 0 Å². The number of hydrogen-bond donors (Lipinski definition) is 2. The van der Waals surface area contributed by atoms with Gasteiger partial charge in [0.25, 0.3) is 0 Å². The van der Waals surface area contributed by atoms with Crippen molar-refractivity contribution in [2.75, 3.05) is 6.54 Å². The van der Waals surface area contributed by atoms with Crippen LogP contribution in [0.5, 0.6) is 0 Å². The third-order valence-corrected chi connectivity index (χ3v) is 0.917. The molecule has 0 aliphatic carbocycles. The maximum atomic E-state index is 10.6. The molecule has 0 atom stereocenters. The SMILES string of the molecule is CCN=C(N)NC(=O)CC. The third kappa shape index (κ3) is 3.88. The van der Waals surface area contributed by atoms with Crippen molar-refractivity contribution in [3.63, 3.8) is 0 Å². The first kappa shape index (κ1) is 8.94. The van der Waals surface area contributed by atoms with E-state index in [1.807, 2.05) is 6.92 Å². The van der Waals surface area contributed by atoms with Gasteiger partial charge in [0.1, 0.15) is 0 Å². The molecule has 0 aromatic rings. The molecule has 3 N–H and O–H groups in total. The van der Waals surface area contributed by atoms with E-state index in [9.17, 15) is 4.79 Å². The molecule has 0 spiro atoms. The fourth-order valence-electron chi connectivity index (χ4n) is 0.441. The number of aliphatic imine (C=N–C) groups is 1. The summed E-state index contributed by atoms with van der Waals surface area (Å²) in [7, 11) is 0. The Morgan fingerprint density at radius 1 is 1.60 bits per heavy atom. The van der Waals surface area contributed by atoms with Crippen LogP contribution in [0.3, 0.4) is 0 Å². The summed E-state index contributed by atoms with van der Waals surface area (Å²) in [5.41, 5.74) is 5.28.